The van der Waals surface area contributed by atoms with E-state index in [2.05, 4.69) is 4.72 Å². The van der Waals surface area contributed by atoms with E-state index in [-0.39, 0.29) is 0 Å². The first kappa shape index (κ1) is 11.2. The standard InChI is InChI=1S/C10H15N3O2S/c1-2-12-16(14,15)13-6-5-8-7-9(11)3-4-10(8)13/h3-4,7,12H,2,5-6,11H2,1H3. The van der Waals surface area contributed by atoms with Gasteiger partial charge in [0, 0.05) is 18.8 Å². The van der Waals surface area contributed by atoms with E-state index < -0.39 is 10.2 Å². The molecule has 0 unspecified atom stereocenters. The summed E-state index contributed by atoms with van der Waals surface area (Å²) in [6.07, 6.45) is 0.713. The van der Waals surface area contributed by atoms with Gasteiger partial charge in [-0.05, 0) is 30.2 Å². The number of anilines is 2. The number of nitrogens with two attached hydrogens (primary N) is 1. The number of nitrogens with one attached hydrogen (secondary N) is 1. The molecule has 1 aliphatic heterocycles. The molecule has 6 heteroatoms. The fourth-order valence-electron chi connectivity index (χ4n) is 1.90. The summed E-state index contributed by atoms with van der Waals surface area (Å²) in [6.45, 7) is 2.63. The average molecular weight is 241 g/mol. The van der Waals surface area contributed by atoms with Crippen LogP contribution in [-0.4, -0.2) is 21.5 Å². The van der Waals surface area contributed by atoms with Gasteiger partial charge in [-0.15, -0.1) is 0 Å². The van der Waals surface area contributed by atoms with Crippen molar-refractivity contribution in [2.45, 2.75) is 13.3 Å². The van der Waals surface area contributed by atoms with Crippen molar-refractivity contribution in [2.24, 2.45) is 0 Å². The average Bonchev–Trinajstić information content (AvgIpc) is 2.60. The second-order valence-corrected chi connectivity index (χ2v) is 5.39. The third kappa shape index (κ3) is 1.85. The van der Waals surface area contributed by atoms with Gasteiger partial charge in [-0.2, -0.15) is 13.1 Å². The summed E-state index contributed by atoms with van der Waals surface area (Å²) in [5, 5.41) is 0. The Labute approximate surface area is 95.4 Å². The molecule has 88 valence electrons. The topological polar surface area (TPSA) is 75.4 Å². The van der Waals surface area contributed by atoms with Crippen molar-refractivity contribution in [2.75, 3.05) is 23.1 Å². The summed E-state index contributed by atoms with van der Waals surface area (Å²) in [5.41, 5.74) is 8.05. The monoisotopic (exact) mass is 241 g/mol. The first-order valence-electron chi connectivity index (χ1n) is 5.20. The van der Waals surface area contributed by atoms with Crippen LogP contribution in [0.25, 0.3) is 0 Å². The summed E-state index contributed by atoms with van der Waals surface area (Å²) in [7, 11) is -3.39. The second-order valence-electron chi connectivity index (χ2n) is 3.71. The summed E-state index contributed by atoms with van der Waals surface area (Å²) in [6, 6.07) is 5.31. The minimum Gasteiger partial charge on any atom is -0.399 e. The molecule has 0 amide bonds. The molecule has 1 aromatic carbocycles. The second kappa shape index (κ2) is 3.95. The van der Waals surface area contributed by atoms with Crippen LogP contribution in [0.4, 0.5) is 11.4 Å². The van der Waals surface area contributed by atoms with Gasteiger partial charge in [0.15, 0.2) is 0 Å². The lowest BCUT2D eigenvalue weighted by atomic mass is 10.1. The molecule has 0 spiro atoms. The number of nitrogens with zero attached hydrogens (tertiary/aromatic N) is 1. The number of hydrogen-bond acceptors (Lipinski definition) is 3. The summed E-state index contributed by atoms with van der Waals surface area (Å²) >= 11 is 0. The van der Waals surface area contributed by atoms with Crippen LogP contribution in [0, 0.1) is 0 Å². The van der Waals surface area contributed by atoms with Crippen LogP contribution in [-0.2, 0) is 16.6 Å². The Kier molecular flexibility index (Phi) is 2.77. The quantitative estimate of drug-likeness (QED) is 0.756. The maximum atomic E-state index is 11.9. The fourth-order valence-corrected chi connectivity index (χ4v) is 3.19. The van der Waals surface area contributed by atoms with Gasteiger partial charge in [0.25, 0.3) is 0 Å². The van der Waals surface area contributed by atoms with Crippen LogP contribution in [0.3, 0.4) is 0 Å². The minimum atomic E-state index is -3.39. The lowest BCUT2D eigenvalue weighted by molar-refractivity contribution is 0.580. The Balaban J connectivity index is 2.37. The van der Waals surface area contributed by atoms with E-state index in [1.54, 1.807) is 19.1 Å². The fraction of sp³-hybridized carbons (Fsp3) is 0.400. The molecule has 0 fully saturated rings. The Bertz CT molecular complexity index is 499. The van der Waals surface area contributed by atoms with Gasteiger partial charge < -0.3 is 5.73 Å². The molecule has 16 heavy (non-hydrogen) atoms. The third-order valence-electron chi connectivity index (χ3n) is 2.57. The molecule has 0 radical (unpaired) electrons. The van der Waals surface area contributed by atoms with Crippen molar-refractivity contribution in [3.8, 4) is 0 Å². The Morgan fingerprint density at radius 2 is 2.25 bits per heavy atom. The van der Waals surface area contributed by atoms with E-state index in [9.17, 15) is 8.42 Å². The summed E-state index contributed by atoms with van der Waals surface area (Å²) in [4.78, 5) is 0. The number of hydrogen-bond donors (Lipinski definition) is 2. The number of benzene rings is 1. The minimum absolute atomic E-state index is 0.392. The lowest BCUT2D eigenvalue weighted by Gasteiger charge is -2.19. The highest BCUT2D eigenvalue weighted by molar-refractivity contribution is 7.90. The highest BCUT2D eigenvalue weighted by Crippen LogP contribution is 2.31. The maximum Gasteiger partial charge on any atom is 0.301 e. The van der Waals surface area contributed by atoms with E-state index in [1.165, 1.54) is 4.31 Å². The molecule has 1 heterocycles. The largest absolute Gasteiger partial charge is 0.399 e. The molecule has 0 saturated carbocycles. The highest BCUT2D eigenvalue weighted by atomic mass is 32.2. The van der Waals surface area contributed by atoms with Crippen molar-refractivity contribution < 1.29 is 8.42 Å². The van der Waals surface area contributed by atoms with E-state index in [1.807, 2.05) is 6.07 Å². The Hall–Kier alpha value is -1.27. The van der Waals surface area contributed by atoms with Gasteiger partial charge in [-0.25, -0.2) is 0 Å². The van der Waals surface area contributed by atoms with Crippen molar-refractivity contribution in [3.05, 3.63) is 23.8 Å². The van der Waals surface area contributed by atoms with E-state index in [0.717, 1.165) is 11.3 Å². The first-order chi connectivity index (χ1) is 7.54. The number of rotatable bonds is 3. The van der Waals surface area contributed by atoms with Gasteiger partial charge in [0.05, 0.1) is 5.69 Å². The van der Waals surface area contributed by atoms with E-state index in [4.69, 9.17) is 5.73 Å². The Morgan fingerprint density at radius 1 is 1.50 bits per heavy atom. The molecule has 5 nitrogen and oxygen atoms in total. The molecular weight excluding hydrogens is 226 g/mol. The molecule has 3 N–H and O–H groups in total. The molecule has 0 saturated heterocycles. The van der Waals surface area contributed by atoms with Gasteiger partial charge in [-0.3, -0.25) is 4.31 Å². The highest BCUT2D eigenvalue weighted by Gasteiger charge is 2.28. The van der Waals surface area contributed by atoms with E-state index in [0.29, 0.717) is 25.2 Å². The lowest BCUT2D eigenvalue weighted by Crippen LogP contribution is -2.39. The van der Waals surface area contributed by atoms with Crippen LogP contribution in [0.15, 0.2) is 18.2 Å². The summed E-state index contributed by atoms with van der Waals surface area (Å²) in [5.74, 6) is 0. The van der Waals surface area contributed by atoms with Crippen molar-refractivity contribution in [3.63, 3.8) is 0 Å². The normalized spacial score (nSPS) is 15.2. The van der Waals surface area contributed by atoms with Crippen molar-refractivity contribution >= 4 is 21.6 Å². The van der Waals surface area contributed by atoms with Crippen LogP contribution in [0.5, 0.6) is 0 Å². The van der Waals surface area contributed by atoms with Crippen LogP contribution in [0.2, 0.25) is 0 Å². The zero-order valence-electron chi connectivity index (χ0n) is 9.10. The molecule has 1 aliphatic rings. The van der Waals surface area contributed by atoms with Gasteiger partial charge >= 0.3 is 10.2 Å². The van der Waals surface area contributed by atoms with Crippen LogP contribution >= 0.6 is 0 Å². The number of fused-ring (bicyclic) bond motifs is 1. The van der Waals surface area contributed by atoms with Crippen molar-refractivity contribution in [1.82, 2.24) is 4.72 Å². The molecule has 2 rings (SSSR count). The smallest absolute Gasteiger partial charge is 0.301 e. The zero-order chi connectivity index (χ0) is 11.8. The maximum absolute atomic E-state index is 11.9. The molecule has 0 bridgehead atoms. The molecule has 0 atom stereocenters. The molecule has 1 aromatic rings. The number of nitrogen functional groups attached to an aromatic ring is 1. The Morgan fingerprint density at radius 3 is 2.94 bits per heavy atom. The summed E-state index contributed by atoms with van der Waals surface area (Å²) < 4.78 is 27.6. The van der Waals surface area contributed by atoms with Crippen molar-refractivity contribution in [1.29, 1.82) is 0 Å². The predicted octanol–water partition coefficient (Wildman–Crippen LogP) is 0.486. The third-order valence-corrected chi connectivity index (χ3v) is 4.19. The SMILES string of the molecule is CCNS(=O)(=O)N1CCc2cc(N)ccc21. The first-order valence-corrected chi connectivity index (χ1v) is 6.64. The van der Waals surface area contributed by atoms with Gasteiger partial charge in [-0.1, -0.05) is 6.92 Å². The van der Waals surface area contributed by atoms with Gasteiger partial charge in [0.1, 0.15) is 0 Å². The van der Waals surface area contributed by atoms with Crippen LogP contribution in [0.1, 0.15) is 12.5 Å². The van der Waals surface area contributed by atoms with Crippen LogP contribution < -0.4 is 14.8 Å². The van der Waals surface area contributed by atoms with E-state index >= 15 is 0 Å². The van der Waals surface area contributed by atoms with Gasteiger partial charge in [0.2, 0.25) is 0 Å². The molecular formula is C10H15N3O2S. The predicted molar refractivity (Wildman–Crippen MR) is 64.5 cm³/mol. The zero-order valence-corrected chi connectivity index (χ0v) is 9.92. The molecule has 0 aliphatic carbocycles. The molecule has 0 aromatic heterocycles.